The minimum absolute atomic E-state index is 0.0659. The predicted molar refractivity (Wildman–Crippen MR) is 233 cm³/mol. The Morgan fingerprint density at radius 1 is 0.309 bits per heavy atom. The largest absolute Gasteiger partial charge is 0.462 e. The van der Waals surface area contributed by atoms with Crippen LogP contribution in [0.2, 0.25) is 0 Å². The molecule has 326 valence electrons. The molecule has 0 unspecified atom stereocenters. The van der Waals surface area contributed by atoms with Crippen molar-refractivity contribution in [1.29, 1.82) is 0 Å². The Kier molecular flexibility index (Phi) is 39.4. The maximum absolute atomic E-state index is 12.7. The lowest BCUT2D eigenvalue weighted by Gasteiger charge is -2.18. The van der Waals surface area contributed by atoms with E-state index in [-0.39, 0.29) is 31.1 Å². The van der Waals surface area contributed by atoms with Crippen molar-refractivity contribution in [2.45, 2.75) is 266 Å². The summed E-state index contributed by atoms with van der Waals surface area (Å²) in [7, 11) is 0. The third-order valence-corrected chi connectivity index (χ3v) is 10.9. The maximum Gasteiger partial charge on any atom is 0.306 e. The van der Waals surface area contributed by atoms with Gasteiger partial charge >= 0.3 is 17.9 Å². The molecule has 0 bridgehead atoms. The van der Waals surface area contributed by atoms with E-state index in [4.69, 9.17) is 14.2 Å². The Bertz CT molecular complexity index is 852. The van der Waals surface area contributed by atoms with Crippen molar-refractivity contribution in [2.24, 2.45) is 17.8 Å². The maximum atomic E-state index is 12.7. The van der Waals surface area contributed by atoms with Crippen LogP contribution in [0, 0.1) is 17.8 Å². The zero-order valence-electron chi connectivity index (χ0n) is 37.7. The highest BCUT2D eigenvalue weighted by Crippen LogP contribution is 2.17. The van der Waals surface area contributed by atoms with Gasteiger partial charge < -0.3 is 14.2 Å². The van der Waals surface area contributed by atoms with Crippen LogP contribution < -0.4 is 0 Å². The van der Waals surface area contributed by atoms with E-state index in [1.807, 2.05) is 0 Å². The average Bonchev–Trinajstić information content (AvgIpc) is 3.13. The Labute approximate surface area is 342 Å². The van der Waals surface area contributed by atoms with Gasteiger partial charge in [0.1, 0.15) is 13.2 Å². The second-order valence-electron chi connectivity index (χ2n) is 18.2. The number of carbonyl (C=O) groups excluding carboxylic acids is 3. The molecule has 0 heterocycles. The van der Waals surface area contributed by atoms with Gasteiger partial charge in [0.25, 0.3) is 0 Å². The average molecular weight is 779 g/mol. The Hall–Kier alpha value is -1.59. The van der Waals surface area contributed by atoms with Gasteiger partial charge in [0.2, 0.25) is 0 Å². The van der Waals surface area contributed by atoms with Crippen LogP contribution in [0.3, 0.4) is 0 Å². The first kappa shape index (κ1) is 53.4. The Balaban J connectivity index is 4.34. The molecule has 0 aliphatic rings. The van der Waals surface area contributed by atoms with Crippen molar-refractivity contribution >= 4 is 17.9 Å². The van der Waals surface area contributed by atoms with Crippen LogP contribution in [0.15, 0.2) is 0 Å². The molecule has 0 N–H and O–H groups in total. The molecule has 0 saturated carbocycles. The summed E-state index contributed by atoms with van der Waals surface area (Å²) >= 11 is 0. The topological polar surface area (TPSA) is 78.9 Å². The van der Waals surface area contributed by atoms with Crippen LogP contribution in [-0.4, -0.2) is 37.2 Å². The summed E-state index contributed by atoms with van der Waals surface area (Å²) in [4.78, 5) is 37.8. The third-order valence-electron chi connectivity index (χ3n) is 10.9. The van der Waals surface area contributed by atoms with Crippen LogP contribution >= 0.6 is 0 Å². The monoisotopic (exact) mass is 779 g/mol. The van der Waals surface area contributed by atoms with Crippen LogP contribution in [0.1, 0.15) is 260 Å². The van der Waals surface area contributed by atoms with Crippen LogP contribution in [-0.2, 0) is 28.6 Å². The van der Waals surface area contributed by atoms with Gasteiger partial charge in [0.15, 0.2) is 6.10 Å². The van der Waals surface area contributed by atoms with E-state index in [1.54, 1.807) is 0 Å². The quantitative estimate of drug-likeness (QED) is 0.0349. The van der Waals surface area contributed by atoms with Gasteiger partial charge in [0, 0.05) is 19.3 Å². The van der Waals surface area contributed by atoms with E-state index in [1.165, 1.54) is 141 Å². The molecule has 0 saturated heterocycles. The number of carbonyl (C=O) groups is 3. The third kappa shape index (κ3) is 43.4. The number of unbranched alkanes of at least 4 members (excludes halogenated alkanes) is 25. The second kappa shape index (κ2) is 40.6. The standard InChI is InChI=1S/C49H94O6/c1-43(2)35-29-23-17-11-8-7-9-13-22-28-34-40-49(52)55-46(42-54-48(51)39-33-27-21-16-15-19-25-31-37-45(5)6)41-53-47(50)38-32-26-20-14-10-12-18-24-30-36-44(3)4/h43-46H,7-42H2,1-6H3/t46-/m0/s1. The number of hydrogen-bond acceptors (Lipinski definition) is 6. The van der Waals surface area contributed by atoms with Gasteiger partial charge in [-0.3, -0.25) is 14.4 Å². The van der Waals surface area contributed by atoms with E-state index >= 15 is 0 Å². The predicted octanol–water partition coefficient (Wildman–Crippen LogP) is 15.2. The van der Waals surface area contributed by atoms with E-state index in [0.717, 1.165) is 75.5 Å². The first-order chi connectivity index (χ1) is 26.6. The van der Waals surface area contributed by atoms with Crippen LogP contribution in [0.4, 0.5) is 0 Å². The number of hydrogen-bond donors (Lipinski definition) is 0. The zero-order chi connectivity index (χ0) is 40.6. The summed E-state index contributed by atoms with van der Waals surface area (Å²) in [5, 5.41) is 0. The molecule has 55 heavy (non-hydrogen) atoms. The lowest BCUT2D eigenvalue weighted by molar-refractivity contribution is -0.167. The number of ether oxygens (including phenoxy) is 3. The lowest BCUT2D eigenvalue weighted by Crippen LogP contribution is -2.30. The van der Waals surface area contributed by atoms with Crippen molar-refractivity contribution in [1.82, 2.24) is 0 Å². The summed E-state index contributed by atoms with van der Waals surface area (Å²) < 4.78 is 16.8. The highest BCUT2D eigenvalue weighted by molar-refractivity contribution is 5.71. The summed E-state index contributed by atoms with van der Waals surface area (Å²) in [5.74, 6) is 1.57. The molecule has 0 aromatic carbocycles. The van der Waals surface area contributed by atoms with Gasteiger partial charge in [-0.25, -0.2) is 0 Å². The van der Waals surface area contributed by atoms with Gasteiger partial charge in [-0.05, 0) is 37.0 Å². The van der Waals surface area contributed by atoms with E-state index in [2.05, 4.69) is 41.5 Å². The van der Waals surface area contributed by atoms with Crippen LogP contribution in [0.25, 0.3) is 0 Å². The fourth-order valence-electron chi connectivity index (χ4n) is 7.23. The Morgan fingerprint density at radius 3 is 0.782 bits per heavy atom. The van der Waals surface area contributed by atoms with E-state index in [9.17, 15) is 14.4 Å². The van der Waals surface area contributed by atoms with E-state index < -0.39 is 6.10 Å². The van der Waals surface area contributed by atoms with Crippen molar-refractivity contribution < 1.29 is 28.6 Å². The smallest absolute Gasteiger partial charge is 0.306 e. The fourth-order valence-corrected chi connectivity index (χ4v) is 7.23. The van der Waals surface area contributed by atoms with Gasteiger partial charge in [-0.1, -0.05) is 221 Å². The van der Waals surface area contributed by atoms with Crippen LogP contribution in [0.5, 0.6) is 0 Å². The second-order valence-corrected chi connectivity index (χ2v) is 18.2. The molecule has 0 radical (unpaired) electrons. The molecular weight excluding hydrogens is 685 g/mol. The first-order valence-electron chi connectivity index (χ1n) is 24.1. The van der Waals surface area contributed by atoms with E-state index in [0.29, 0.717) is 19.3 Å². The lowest BCUT2D eigenvalue weighted by atomic mass is 10.0. The molecule has 6 nitrogen and oxygen atoms in total. The number of esters is 3. The number of rotatable bonds is 42. The van der Waals surface area contributed by atoms with Gasteiger partial charge in [0.05, 0.1) is 0 Å². The molecule has 0 amide bonds. The van der Waals surface area contributed by atoms with Crippen molar-refractivity contribution in [3.8, 4) is 0 Å². The van der Waals surface area contributed by atoms with Gasteiger partial charge in [-0.2, -0.15) is 0 Å². The normalized spacial score (nSPS) is 12.2. The zero-order valence-corrected chi connectivity index (χ0v) is 37.7. The van der Waals surface area contributed by atoms with Crippen molar-refractivity contribution in [2.75, 3.05) is 13.2 Å². The van der Waals surface area contributed by atoms with Gasteiger partial charge in [-0.15, -0.1) is 0 Å². The molecule has 0 rings (SSSR count). The first-order valence-corrected chi connectivity index (χ1v) is 24.1. The molecule has 0 aromatic rings. The molecule has 0 aliphatic carbocycles. The molecular formula is C49H94O6. The highest BCUT2D eigenvalue weighted by Gasteiger charge is 2.19. The minimum Gasteiger partial charge on any atom is -0.462 e. The highest BCUT2D eigenvalue weighted by atomic mass is 16.6. The van der Waals surface area contributed by atoms with Crippen molar-refractivity contribution in [3.05, 3.63) is 0 Å². The summed E-state index contributed by atoms with van der Waals surface area (Å²) in [6.45, 7) is 13.6. The Morgan fingerprint density at radius 2 is 0.527 bits per heavy atom. The molecule has 0 fully saturated rings. The minimum atomic E-state index is -0.762. The van der Waals surface area contributed by atoms with Crippen molar-refractivity contribution in [3.63, 3.8) is 0 Å². The fraction of sp³-hybridized carbons (Fsp3) is 0.939. The molecule has 1 atom stereocenters. The summed E-state index contributed by atoms with van der Waals surface area (Å²) in [5.41, 5.74) is 0. The summed E-state index contributed by atoms with van der Waals surface area (Å²) in [6.07, 6.45) is 38.1. The SMILES string of the molecule is CC(C)CCCCCCCCCCCCCC(=O)O[C@@H](COC(=O)CCCCCCCCCCCC(C)C)COC(=O)CCCCCCCCCCC(C)C. The molecule has 0 aliphatic heterocycles. The summed E-state index contributed by atoms with van der Waals surface area (Å²) in [6, 6.07) is 0. The molecule has 0 aromatic heterocycles. The molecule has 0 spiro atoms. The molecule has 6 heteroatoms.